The molecule has 4 rings (SSSR count). The van der Waals surface area contributed by atoms with Crippen LogP contribution in [-0.2, 0) is 22.2 Å². The summed E-state index contributed by atoms with van der Waals surface area (Å²) >= 11 is 0. The van der Waals surface area contributed by atoms with Crippen LogP contribution in [0, 0.1) is 0 Å². The highest BCUT2D eigenvalue weighted by atomic mass is 19.4. The molecule has 1 fully saturated rings. The predicted molar refractivity (Wildman–Crippen MR) is 105 cm³/mol. The zero-order valence-corrected chi connectivity index (χ0v) is 16.8. The molecular formula is C21H18F3N3O5. The number of carbonyl (C=O) groups excluding carboxylic acids is 3. The number of anilines is 1. The normalized spacial score (nSPS) is 19.8. The topological polar surface area (TPSA) is 97.0 Å². The van der Waals surface area contributed by atoms with Crippen molar-refractivity contribution in [1.82, 2.24) is 10.2 Å². The van der Waals surface area contributed by atoms with Crippen molar-refractivity contribution in [3.8, 4) is 11.5 Å². The van der Waals surface area contributed by atoms with Gasteiger partial charge in [-0.15, -0.1) is 0 Å². The first-order valence-corrected chi connectivity index (χ1v) is 9.55. The number of alkyl halides is 3. The lowest BCUT2D eigenvalue weighted by atomic mass is 9.92. The predicted octanol–water partition coefficient (Wildman–Crippen LogP) is 2.93. The molecule has 11 heteroatoms. The third-order valence-corrected chi connectivity index (χ3v) is 5.14. The first kappa shape index (κ1) is 21.5. The molecule has 168 valence electrons. The Labute approximate surface area is 180 Å². The molecule has 2 aliphatic heterocycles. The Kier molecular flexibility index (Phi) is 5.19. The van der Waals surface area contributed by atoms with Gasteiger partial charge < -0.3 is 20.1 Å². The number of rotatable bonds is 5. The van der Waals surface area contributed by atoms with E-state index in [1.54, 1.807) is 25.1 Å². The van der Waals surface area contributed by atoms with Crippen molar-refractivity contribution < 1.29 is 37.0 Å². The smallest absolute Gasteiger partial charge is 0.416 e. The van der Waals surface area contributed by atoms with Crippen molar-refractivity contribution in [3.63, 3.8) is 0 Å². The maximum absolute atomic E-state index is 12.9. The molecule has 8 nitrogen and oxygen atoms in total. The molecule has 1 saturated heterocycles. The highest BCUT2D eigenvalue weighted by Crippen LogP contribution is 2.34. The van der Waals surface area contributed by atoms with E-state index >= 15 is 0 Å². The van der Waals surface area contributed by atoms with Crippen LogP contribution in [-0.4, -0.2) is 41.6 Å². The standard InChI is InChI=1S/C21H18F3N3O5/c1-20(9-12-2-7-15-16(8-12)32-11-31-15)18(29)27(19(30)26-20)10-17(28)25-14-5-3-13(4-6-14)21(22,23)24/h2-8H,9-11H2,1H3,(H,25,28)(H,26,30). The van der Waals surface area contributed by atoms with Crippen LogP contribution in [0.2, 0.25) is 0 Å². The molecule has 0 saturated carbocycles. The van der Waals surface area contributed by atoms with E-state index in [1.807, 2.05) is 0 Å². The number of amides is 4. The van der Waals surface area contributed by atoms with Gasteiger partial charge in [-0.1, -0.05) is 6.07 Å². The zero-order valence-electron chi connectivity index (χ0n) is 16.8. The van der Waals surface area contributed by atoms with Crippen LogP contribution in [0.4, 0.5) is 23.7 Å². The molecular weight excluding hydrogens is 431 g/mol. The molecule has 32 heavy (non-hydrogen) atoms. The van der Waals surface area contributed by atoms with Crippen LogP contribution in [0.5, 0.6) is 11.5 Å². The number of urea groups is 1. The molecule has 0 spiro atoms. The second kappa shape index (κ2) is 7.74. The van der Waals surface area contributed by atoms with Gasteiger partial charge in [-0.3, -0.25) is 14.5 Å². The van der Waals surface area contributed by atoms with Gasteiger partial charge in [0.15, 0.2) is 11.5 Å². The van der Waals surface area contributed by atoms with Gasteiger partial charge in [0, 0.05) is 12.1 Å². The van der Waals surface area contributed by atoms with Crippen LogP contribution < -0.4 is 20.1 Å². The van der Waals surface area contributed by atoms with Crippen molar-refractivity contribution in [3.05, 3.63) is 53.6 Å². The van der Waals surface area contributed by atoms with Crippen LogP contribution >= 0.6 is 0 Å². The molecule has 2 aliphatic rings. The van der Waals surface area contributed by atoms with Gasteiger partial charge in [0.25, 0.3) is 5.91 Å². The number of hydrogen-bond acceptors (Lipinski definition) is 5. The summed E-state index contributed by atoms with van der Waals surface area (Å²) in [5.41, 5.74) is -1.30. The molecule has 2 aromatic rings. The Bertz CT molecular complexity index is 1090. The molecule has 0 radical (unpaired) electrons. The lowest BCUT2D eigenvalue weighted by Crippen LogP contribution is -2.46. The summed E-state index contributed by atoms with van der Waals surface area (Å²) in [5.74, 6) is -0.193. The third kappa shape index (κ3) is 4.18. The minimum atomic E-state index is -4.50. The number of fused-ring (bicyclic) bond motifs is 1. The Hall–Kier alpha value is -3.76. The number of nitrogens with one attached hydrogen (secondary N) is 2. The van der Waals surface area contributed by atoms with E-state index in [4.69, 9.17) is 9.47 Å². The second-order valence-electron chi connectivity index (χ2n) is 7.64. The summed E-state index contributed by atoms with van der Waals surface area (Å²) in [4.78, 5) is 38.3. The summed E-state index contributed by atoms with van der Waals surface area (Å²) in [6, 6.07) is 8.27. The van der Waals surface area contributed by atoms with Gasteiger partial charge in [0.1, 0.15) is 12.1 Å². The van der Waals surface area contributed by atoms with E-state index < -0.39 is 41.7 Å². The lowest BCUT2D eigenvalue weighted by Gasteiger charge is -2.22. The average molecular weight is 449 g/mol. The van der Waals surface area contributed by atoms with Crippen LogP contribution in [0.15, 0.2) is 42.5 Å². The zero-order chi connectivity index (χ0) is 23.1. The Balaban J connectivity index is 1.40. The number of hydrogen-bond donors (Lipinski definition) is 2. The van der Waals surface area contributed by atoms with Crippen molar-refractivity contribution >= 4 is 23.5 Å². The van der Waals surface area contributed by atoms with E-state index in [2.05, 4.69) is 10.6 Å². The molecule has 0 bridgehead atoms. The minimum absolute atomic E-state index is 0.105. The van der Waals surface area contributed by atoms with Crippen molar-refractivity contribution in [2.24, 2.45) is 0 Å². The Morgan fingerprint density at radius 3 is 2.50 bits per heavy atom. The summed E-state index contributed by atoms with van der Waals surface area (Å²) in [6.45, 7) is 1.07. The van der Waals surface area contributed by atoms with Gasteiger partial charge in [-0.05, 0) is 48.9 Å². The number of benzene rings is 2. The quantitative estimate of drug-likeness (QED) is 0.685. The fraction of sp³-hybridized carbons (Fsp3) is 0.286. The molecule has 2 heterocycles. The number of ether oxygens (including phenoxy) is 2. The van der Waals surface area contributed by atoms with Gasteiger partial charge in [0.2, 0.25) is 12.7 Å². The Morgan fingerprint density at radius 1 is 1.12 bits per heavy atom. The van der Waals surface area contributed by atoms with Crippen LogP contribution in [0.25, 0.3) is 0 Å². The van der Waals surface area contributed by atoms with Gasteiger partial charge >= 0.3 is 12.2 Å². The molecule has 1 unspecified atom stereocenters. The molecule has 0 aliphatic carbocycles. The molecule has 2 aromatic carbocycles. The van der Waals surface area contributed by atoms with Crippen molar-refractivity contribution in [1.29, 1.82) is 0 Å². The summed E-state index contributed by atoms with van der Waals surface area (Å²) in [5, 5.41) is 4.98. The SMILES string of the molecule is CC1(Cc2ccc3c(c2)OCO3)NC(=O)N(CC(=O)Nc2ccc(C(F)(F)F)cc2)C1=O. The third-order valence-electron chi connectivity index (χ3n) is 5.14. The Morgan fingerprint density at radius 2 is 1.81 bits per heavy atom. The monoisotopic (exact) mass is 449 g/mol. The van der Waals surface area contributed by atoms with Crippen molar-refractivity contribution in [2.45, 2.75) is 25.1 Å². The minimum Gasteiger partial charge on any atom is -0.454 e. The number of nitrogens with zero attached hydrogens (tertiary/aromatic N) is 1. The van der Waals surface area contributed by atoms with Crippen LogP contribution in [0.1, 0.15) is 18.1 Å². The highest BCUT2D eigenvalue weighted by Gasteiger charge is 2.48. The van der Waals surface area contributed by atoms with E-state index in [9.17, 15) is 27.6 Å². The van der Waals surface area contributed by atoms with E-state index in [-0.39, 0.29) is 18.9 Å². The fourth-order valence-corrected chi connectivity index (χ4v) is 3.56. The second-order valence-corrected chi connectivity index (χ2v) is 7.64. The maximum Gasteiger partial charge on any atom is 0.416 e. The highest BCUT2D eigenvalue weighted by molar-refractivity contribution is 6.10. The summed E-state index contributed by atoms with van der Waals surface area (Å²) < 4.78 is 48.5. The molecule has 1 atom stereocenters. The number of halogens is 3. The maximum atomic E-state index is 12.9. The van der Waals surface area contributed by atoms with E-state index in [0.29, 0.717) is 11.5 Å². The largest absolute Gasteiger partial charge is 0.454 e. The molecule has 2 N–H and O–H groups in total. The fourth-order valence-electron chi connectivity index (χ4n) is 3.56. The van der Waals surface area contributed by atoms with Gasteiger partial charge in [-0.25, -0.2) is 4.79 Å². The van der Waals surface area contributed by atoms with E-state index in [1.165, 1.54) is 0 Å². The van der Waals surface area contributed by atoms with E-state index in [0.717, 1.165) is 34.7 Å². The summed E-state index contributed by atoms with van der Waals surface area (Å²) in [6.07, 6.45) is -4.34. The van der Waals surface area contributed by atoms with Crippen molar-refractivity contribution in [2.75, 3.05) is 18.7 Å². The van der Waals surface area contributed by atoms with Gasteiger partial charge in [-0.2, -0.15) is 13.2 Å². The summed E-state index contributed by atoms with van der Waals surface area (Å²) in [7, 11) is 0. The number of carbonyl (C=O) groups is 3. The van der Waals surface area contributed by atoms with Gasteiger partial charge in [0.05, 0.1) is 5.56 Å². The van der Waals surface area contributed by atoms with Crippen LogP contribution in [0.3, 0.4) is 0 Å². The molecule has 4 amide bonds. The average Bonchev–Trinajstić information content (AvgIpc) is 3.26. The first-order valence-electron chi connectivity index (χ1n) is 9.55. The number of imide groups is 1. The molecule has 0 aromatic heterocycles. The lowest BCUT2D eigenvalue weighted by molar-refractivity contribution is -0.137. The first-order chi connectivity index (χ1) is 15.0.